The lowest BCUT2D eigenvalue weighted by molar-refractivity contribution is 0.0913. The van der Waals surface area contributed by atoms with Crippen molar-refractivity contribution in [2.45, 2.75) is 26.3 Å². The molecule has 0 aromatic heterocycles. The summed E-state index contributed by atoms with van der Waals surface area (Å²) in [5.41, 5.74) is 6.64. The van der Waals surface area contributed by atoms with Crippen LogP contribution in [0.2, 0.25) is 0 Å². The molecule has 70 valence electrons. The molecule has 0 atom stereocenters. The molecule has 0 amide bonds. The summed E-state index contributed by atoms with van der Waals surface area (Å²) in [6.45, 7) is 5.36. The zero-order chi connectivity index (χ0) is 10.1. The summed E-state index contributed by atoms with van der Waals surface area (Å²) in [7, 11) is 0. The van der Waals surface area contributed by atoms with Crippen LogP contribution >= 0.6 is 0 Å². The predicted octanol–water partition coefficient (Wildman–Crippen LogP) is 1.92. The first-order valence-corrected chi connectivity index (χ1v) is 4.32. The number of ketones is 1. The van der Waals surface area contributed by atoms with E-state index in [9.17, 15) is 4.79 Å². The van der Waals surface area contributed by atoms with Crippen LogP contribution in [-0.2, 0) is 0 Å². The first-order valence-electron chi connectivity index (χ1n) is 4.32. The number of hydrogen-bond donors (Lipinski definition) is 1. The van der Waals surface area contributed by atoms with Gasteiger partial charge in [0.15, 0.2) is 5.78 Å². The van der Waals surface area contributed by atoms with Gasteiger partial charge < -0.3 is 5.73 Å². The highest BCUT2D eigenvalue weighted by molar-refractivity contribution is 6.03. The number of Topliss-reactive ketones (excluding diaryl/α,β-unsaturated/α-hetero) is 1. The quantitative estimate of drug-likeness (QED) is 0.701. The molecule has 0 aliphatic rings. The highest BCUT2D eigenvalue weighted by Gasteiger charge is 2.24. The van der Waals surface area contributed by atoms with Crippen molar-refractivity contribution in [2.75, 3.05) is 0 Å². The van der Waals surface area contributed by atoms with Crippen molar-refractivity contribution >= 4 is 5.78 Å². The van der Waals surface area contributed by atoms with Crippen LogP contribution in [0.25, 0.3) is 0 Å². The summed E-state index contributed by atoms with van der Waals surface area (Å²) in [6, 6.07) is 7.49. The maximum absolute atomic E-state index is 11.8. The molecule has 0 saturated carbocycles. The largest absolute Gasteiger partial charge is 0.319 e. The van der Waals surface area contributed by atoms with Crippen molar-refractivity contribution in [2.24, 2.45) is 5.73 Å². The second kappa shape index (κ2) is 3.30. The number of carbonyl (C=O) groups excluding carboxylic acids is 1. The topological polar surface area (TPSA) is 43.1 Å². The second-order valence-corrected chi connectivity index (χ2v) is 3.87. The van der Waals surface area contributed by atoms with E-state index in [1.165, 1.54) is 0 Å². The van der Waals surface area contributed by atoms with E-state index in [0.29, 0.717) is 0 Å². The highest BCUT2D eigenvalue weighted by atomic mass is 16.1. The molecule has 0 aliphatic carbocycles. The number of benzene rings is 1. The van der Waals surface area contributed by atoms with Crippen molar-refractivity contribution in [3.05, 3.63) is 35.4 Å². The van der Waals surface area contributed by atoms with Gasteiger partial charge in [-0.25, -0.2) is 0 Å². The lowest BCUT2D eigenvalue weighted by Gasteiger charge is -2.17. The van der Waals surface area contributed by atoms with Gasteiger partial charge in [-0.15, -0.1) is 0 Å². The Morgan fingerprint density at radius 1 is 1.31 bits per heavy atom. The van der Waals surface area contributed by atoms with Crippen LogP contribution in [0.1, 0.15) is 29.8 Å². The SMILES string of the molecule is Cc1ccccc1C(=O)C(C)(C)N. The Hall–Kier alpha value is -1.15. The minimum absolute atomic E-state index is 0.00870. The van der Waals surface area contributed by atoms with Crippen LogP contribution in [0.3, 0.4) is 0 Å². The van der Waals surface area contributed by atoms with Crippen molar-refractivity contribution < 1.29 is 4.79 Å². The first-order chi connectivity index (χ1) is 5.93. The van der Waals surface area contributed by atoms with Crippen molar-refractivity contribution in [3.63, 3.8) is 0 Å². The van der Waals surface area contributed by atoms with E-state index in [1.54, 1.807) is 13.8 Å². The Balaban J connectivity index is 3.10. The summed E-state index contributed by atoms with van der Waals surface area (Å²) in [5.74, 6) is -0.00870. The third-order valence-electron chi connectivity index (χ3n) is 1.97. The Morgan fingerprint density at radius 3 is 2.31 bits per heavy atom. The number of rotatable bonds is 2. The van der Waals surface area contributed by atoms with Gasteiger partial charge in [0.05, 0.1) is 5.54 Å². The maximum atomic E-state index is 11.8. The Labute approximate surface area is 78.8 Å². The molecule has 1 aromatic carbocycles. The fraction of sp³-hybridized carbons (Fsp3) is 0.364. The van der Waals surface area contributed by atoms with E-state index >= 15 is 0 Å². The predicted molar refractivity (Wildman–Crippen MR) is 53.8 cm³/mol. The highest BCUT2D eigenvalue weighted by Crippen LogP contribution is 2.13. The number of hydrogen-bond acceptors (Lipinski definition) is 2. The van der Waals surface area contributed by atoms with Crippen molar-refractivity contribution in [3.8, 4) is 0 Å². The van der Waals surface area contributed by atoms with Crippen LogP contribution in [0.5, 0.6) is 0 Å². The molecule has 0 heterocycles. The minimum atomic E-state index is -0.786. The van der Waals surface area contributed by atoms with E-state index in [4.69, 9.17) is 5.73 Å². The standard InChI is InChI=1S/C11H15NO/c1-8-6-4-5-7-9(8)10(13)11(2,3)12/h4-7H,12H2,1-3H3. The molecule has 0 bridgehead atoms. The fourth-order valence-corrected chi connectivity index (χ4v) is 1.17. The van der Waals surface area contributed by atoms with Gasteiger partial charge in [0.1, 0.15) is 0 Å². The summed E-state index contributed by atoms with van der Waals surface area (Å²) in [4.78, 5) is 11.8. The molecular formula is C11H15NO. The van der Waals surface area contributed by atoms with Crippen molar-refractivity contribution in [1.29, 1.82) is 0 Å². The molecule has 13 heavy (non-hydrogen) atoms. The summed E-state index contributed by atoms with van der Waals surface area (Å²) in [5, 5.41) is 0. The summed E-state index contributed by atoms with van der Waals surface area (Å²) in [6.07, 6.45) is 0. The van der Waals surface area contributed by atoms with Crippen molar-refractivity contribution in [1.82, 2.24) is 0 Å². The number of nitrogens with two attached hydrogens (primary N) is 1. The Bertz CT molecular complexity index is 323. The number of carbonyl (C=O) groups is 1. The molecule has 0 spiro atoms. The normalized spacial score (nSPS) is 11.4. The third kappa shape index (κ3) is 2.16. The van der Waals surface area contributed by atoms with E-state index in [1.807, 2.05) is 31.2 Å². The zero-order valence-electron chi connectivity index (χ0n) is 8.29. The lowest BCUT2D eigenvalue weighted by Crippen LogP contribution is -2.41. The van der Waals surface area contributed by atoms with Crippen LogP contribution in [0, 0.1) is 6.92 Å². The molecule has 0 aliphatic heterocycles. The van der Waals surface area contributed by atoms with E-state index in [0.717, 1.165) is 11.1 Å². The molecule has 0 radical (unpaired) electrons. The molecule has 0 unspecified atom stereocenters. The average molecular weight is 177 g/mol. The number of aryl methyl sites for hydroxylation is 1. The Morgan fingerprint density at radius 2 is 1.85 bits per heavy atom. The molecule has 2 nitrogen and oxygen atoms in total. The van der Waals surface area contributed by atoms with E-state index in [2.05, 4.69) is 0 Å². The summed E-state index contributed by atoms with van der Waals surface area (Å²) < 4.78 is 0. The Kier molecular flexibility index (Phi) is 2.52. The fourth-order valence-electron chi connectivity index (χ4n) is 1.17. The minimum Gasteiger partial charge on any atom is -0.319 e. The van der Waals surface area contributed by atoms with Gasteiger partial charge in [-0.3, -0.25) is 4.79 Å². The first kappa shape index (κ1) is 9.93. The molecule has 0 saturated heterocycles. The van der Waals surface area contributed by atoms with Gasteiger partial charge >= 0.3 is 0 Å². The van der Waals surface area contributed by atoms with Gasteiger partial charge in [0.25, 0.3) is 0 Å². The van der Waals surface area contributed by atoms with E-state index in [-0.39, 0.29) is 5.78 Å². The third-order valence-corrected chi connectivity index (χ3v) is 1.97. The maximum Gasteiger partial charge on any atom is 0.182 e. The summed E-state index contributed by atoms with van der Waals surface area (Å²) >= 11 is 0. The molecular weight excluding hydrogens is 162 g/mol. The van der Waals surface area contributed by atoms with Crippen LogP contribution < -0.4 is 5.73 Å². The lowest BCUT2D eigenvalue weighted by atomic mass is 9.92. The molecule has 0 fully saturated rings. The van der Waals surface area contributed by atoms with Crippen LogP contribution in [-0.4, -0.2) is 11.3 Å². The van der Waals surface area contributed by atoms with Gasteiger partial charge in [-0.1, -0.05) is 24.3 Å². The van der Waals surface area contributed by atoms with Gasteiger partial charge in [-0.05, 0) is 26.3 Å². The van der Waals surface area contributed by atoms with Gasteiger partial charge in [0, 0.05) is 5.56 Å². The smallest absolute Gasteiger partial charge is 0.182 e. The van der Waals surface area contributed by atoms with Crippen LogP contribution in [0.15, 0.2) is 24.3 Å². The zero-order valence-corrected chi connectivity index (χ0v) is 8.29. The van der Waals surface area contributed by atoms with Gasteiger partial charge in [0.2, 0.25) is 0 Å². The van der Waals surface area contributed by atoms with Crippen LogP contribution in [0.4, 0.5) is 0 Å². The molecule has 1 rings (SSSR count). The average Bonchev–Trinajstić information content (AvgIpc) is 2.02. The van der Waals surface area contributed by atoms with Gasteiger partial charge in [-0.2, -0.15) is 0 Å². The molecule has 2 heteroatoms. The molecule has 1 aromatic rings. The monoisotopic (exact) mass is 177 g/mol. The second-order valence-electron chi connectivity index (χ2n) is 3.87. The van der Waals surface area contributed by atoms with E-state index < -0.39 is 5.54 Å². The molecule has 2 N–H and O–H groups in total.